The molecule has 1 saturated carbocycles. The van der Waals surface area contributed by atoms with Crippen LogP contribution in [0.1, 0.15) is 48.7 Å². The second kappa shape index (κ2) is 3.55. The molecule has 0 saturated heterocycles. The molecule has 1 heterocycles. The van der Waals surface area contributed by atoms with Crippen LogP contribution in [0.15, 0.2) is 0 Å². The Kier molecular flexibility index (Phi) is 2.57. The number of aromatic nitrogens is 1. The standard InChI is InChI=1S/C12H17NO2S/c1-6-9(7-5-8(7)10(14)15)16-11(13-6)12(2,3)4/h7-8H,5H2,1-4H3,(H,14,15). The van der Waals surface area contributed by atoms with Crippen molar-refractivity contribution in [3.05, 3.63) is 15.6 Å². The maximum atomic E-state index is 10.8. The molecule has 88 valence electrons. The summed E-state index contributed by atoms with van der Waals surface area (Å²) < 4.78 is 0. The SMILES string of the molecule is Cc1nc(C(C)(C)C)sc1C1CC1C(=O)O. The van der Waals surface area contributed by atoms with E-state index in [2.05, 4.69) is 25.8 Å². The highest BCUT2D eigenvalue weighted by Crippen LogP contribution is 2.51. The lowest BCUT2D eigenvalue weighted by atomic mass is 9.98. The summed E-state index contributed by atoms with van der Waals surface area (Å²) in [6.45, 7) is 8.39. The molecule has 2 unspecified atom stereocenters. The van der Waals surface area contributed by atoms with Crippen molar-refractivity contribution < 1.29 is 9.90 Å². The van der Waals surface area contributed by atoms with Crippen molar-refractivity contribution in [1.82, 2.24) is 4.98 Å². The average molecular weight is 239 g/mol. The minimum Gasteiger partial charge on any atom is -0.481 e. The summed E-state index contributed by atoms with van der Waals surface area (Å²) in [7, 11) is 0. The van der Waals surface area contributed by atoms with Crippen molar-refractivity contribution >= 4 is 17.3 Å². The highest BCUT2D eigenvalue weighted by molar-refractivity contribution is 7.12. The molecule has 1 aliphatic rings. The predicted molar refractivity (Wildman–Crippen MR) is 64.0 cm³/mol. The van der Waals surface area contributed by atoms with Crippen LogP contribution in [-0.2, 0) is 10.2 Å². The maximum absolute atomic E-state index is 10.8. The molecule has 1 fully saturated rings. The van der Waals surface area contributed by atoms with E-state index in [0.29, 0.717) is 0 Å². The fourth-order valence-corrected chi connectivity index (χ4v) is 3.13. The van der Waals surface area contributed by atoms with E-state index in [4.69, 9.17) is 5.11 Å². The predicted octanol–water partition coefficient (Wildman–Crippen LogP) is 2.94. The zero-order valence-corrected chi connectivity index (χ0v) is 10.9. The molecule has 2 rings (SSSR count). The number of rotatable bonds is 2. The molecule has 4 heteroatoms. The molecule has 16 heavy (non-hydrogen) atoms. The molecule has 0 spiro atoms. The van der Waals surface area contributed by atoms with E-state index in [1.807, 2.05) is 6.92 Å². The molecular weight excluding hydrogens is 222 g/mol. The first-order valence-corrected chi connectivity index (χ1v) is 6.33. The van der Waals surface area contributed by atoms with Crippen LogP contribution in [0.5, 0.6) is 0 Å². The van der Waals surface area contributed by atoms with Crippen LogP contribution in [0.2, 0.25) is 0 Å². The van der Waals surface area contributed by atoms with Crippen molar-refractivity contribution in [3.8, 4) is 0 Å². The third-order valence-corrected chi connectivity index (χ3v) is 4.63. The highest BCUT2D eigenvalue weighted by atomic mass is 32.1. The van der Waals surface area contributed by atoms with Crippen LogP contribution in [0.3, 0.4) is 0 Å². The van der Waals surface area contributed by atoms with Gasteiger partial charge in [0.25, 0.3) is 0 Å². The number of hydrogen-bond donors (Lipinski definition) is 1. The van der Waals surface area contributed by atoms with E-state index < -0.39 is 5.97 Å². The van der Waals surface area contributed by atoms with E-state index >= 15 is 0 Å². The fraction of sp³-hybridized carbons (Fsp3) is 0.667. The van der Waals surface area contributed by atoms with Gasteiger partial charge in [-0.25, -0.2) is 4.98 Å². The van der Waals surface area contributed by atoms with Crippen LogP contribution in [0.25, 0.3) is 0 Å². The first-order chi connectivity index (χ1) is 7.30. The van der Waals surface area contributed by atoms with Gasteiger partial charge in [-0.3, -0.25) is 4.79 Å². The van der Waals surface area contributed by atoms with Gasteiger partial charge in [-0.2, -0.15) is 0 Å². The van der Waals surface area contributed by atoms with Gasteiger partial charge in [0, 0.05) is 16.2 Å². The highest BCUT2D eigenvalue weighted by Gasteiger charge is 2.46. The fourth-order valence-electron chi connectivity index (χ4n) is 1.83. The Bertz CT molecular complexity index is 431. The summed E-state index contributed by atoms with van der Waals surface area (Å²) in [5.41, 5.74) is 1.07. The van der Waals surface area contributed by atoms with E-state index in [-0.39, 0.29) is 17.3 Å². The molecule has 2 atom stereocenters. The average Bonchev–Trinajstić information content (AvgIpc) is 2.82. The Morgan fingerprint density at radius 2 is 2.12 bits per heavy atom. The third-order valence-electron chi connectivity index (χ3n) is 2.92. The van der Waals surface area contributed by atoms with Crippen LogP contribution < -0.4 is 0 Å². The van der Waals surface area contributed by atoms with Gasteiger partial charge in [0.1, 0.15) is 0 Å². The van der Waals surface area contributed by atoms with Crippen LogP contribution in [0.4, 0.5) is 0 Å². The molecule has 3 nitrogen and oxygen atoms in total. The second-order valence-corrected chi connectivity index (χ2v) is 6.54. The zero-order valence-electron chi connectivity index (χ0n) is 10.1. The van der Waals surface area contributed by atoms with Crippen molar-refractivity contribution in [2.24, 2.45) is 5.92 Å². The quantitative estimate of drug-likeness (QED) is 0.863. The number of hydrogen-bond acceptors (Lipinski definition) is 3. The lowest BCUT2D eigenvalue weighted by molar-refractivity contribution is -0.138. The van der Waals surface area contributed by atoms with Crippen molar-refractivity contribution in [3.63, 3.8) is 0 Å². The second-order valence-electron chi connectivity index (χ2n) is 5.51. The van der Waals surface area contributed by atoms with Gasteiger partial charge in [-0.15, -0.1) is 11.3 Å². The molecule has 1 aliphatic carbocycles. The number of thiazole rings is 1. The summed E-state index contributed by atoms with van der Waals surface area (Å²) in [6.07, 6.45) is 0.780. The Morgan fingerprint density at radius 1 is 1.50 bits per heavy atom. The summed E-state index contributed by atoms with van der Waals surface area (Å²) in [5, 5.41) is 10.0. The van der Waals surface area contributed by atoms with Crippen molar-refractivity contribution in [2.45, 2.75) is 45.4 Å². The molecule has 1 aromatic rings. The van der Waals surface area contributed by atoms with E-state index in [0.717, 1.165) is 17.1 Å². The van der Waals surface area contributed by atoms with Gasteiger partial charge in [0.15, 0.2) is 0 Å². The van der Waals surface area contributed by atoms with Gasteiger partial charge in [0.05, 0.1) is 16.6 Å². The number of aliphatic carboxylic acids is 1. The van der Waals surface area contributed by atoms with Crippen LogP contribution in [-0.4, -0.2) is 16.1 Å². The molecule has 1 N–H and O–H groups in total. The first-order valence-electron chi connectivity index (χ1n) is 5.51. The largest absolute Gasteiger partial charge is 0.481 e. The smallest absolute Gasteiger partial charge is 0.307 e. The molecule has 0 radical (unpaired) electrons. The third kappa shape index (κ3) is 1.98. The van der Waals surface area contributed by atoms with E-state index in [1.165, 1.54) is 4.88 Å². The summed E-state index contributed by atoms with van der Waals surface area (Å²) in [6, 6.07) is 0. The lowest BCUT2D eigenvalue weighted by Crippen LogP contribution is -2.10. The number of aryl methyl sites for hydroxylation is 1. The van der Waals surface area contributed by atoms with Gasteiger partial charge in [-0.1, -0.05) is 20.8 Å². The normalized spacial score (nSPS) is 24.5. The molecule has 0 aliphatic heterocycles. The number of nitrogens with zero attached hydrogens (tertiary/aromatic N) is 1. The topological polar surface area (TPSA) is 50.2 Å². The number of carbonyl (C=O) groups is 1. The molecular formula is C12H17NO2S. The zero-order chi connectivity index (χ0) is 12.1. The van der Waals surface area contributed by atoms with E-state index in [9.17, 15) is 4.79 Å². The Labute approximate surface area is 99.5 Å². The molecule has 1 aromatic heterocycles. The number of carboxylic acids is 1. The molecule has 0 amide bonds. The lowest BCUT2D eigenvalue weighted by Gasteiger charge is -2.13. The van der Waals surface area contributed by atoms with Gasteiger partial charge in [0.2, 0.25) is 0 Å². The Morgan fingerprint density at radius 3 is 2.50 bits per heavy atom. The molecule has 0 aromatic carbocycles. The Hall–Kier alpha value is -0.900. The first kappa shape index (κ1) is 11.6. The minimum atomic E-state index is -0.671. The van der Waals surface area contributed by atoms with Crippen LogP contribution >= 0.6 is 11.3 Å². The van der Waals surface area contributed by atoms with Crippen LogP contribution in [0, 0.1) is 12.8 Å². The monoisotopic (exact) mass is 239 g/mol. The Balaban J connectivity index is 2.25. The van der Waals surface area contributed by atoms with Gasteiger partial charge >= 0.3 is 5.97 Å². The van der Waals surface area contributed by atoms with Crippen molar-refractivity contribution in [2.75, 3.05) is 0 Å². The maximum Gasteiger partial charge on any atom is 0.307 e. The summed E-state index contributed by atoms with van der Waals surface area (Å²) in [4.78, 5) is 16.6. The summed E-state index contributed by atoms with van der Waals surface area (Å²) in [5.74, 6) is -0.631. The van der Waals surface area contributed by atoms with Gasteiger partial charge in [-0.05, 0) is 13.3 Å². The minimum absolute atomic E-state index is 0.0568. The van der Waals surface area contributed by atoms with E-state index in [1.54, 1.807) is 11.3 Å². The van der Waals surface area contributed by atoms with Gasteiger partial charge < -0.3 is 5.11 Å². The summed E-state index contributed by atoms with van der Waals surface area (Å²) >= 11 is 1.68. The molecule has 0 bridgehead atoms. The number of carboxylic acid groups (broad SMARTS) is 1. The van der Waals surface area contributed by atoms with Crippen molar-refractivity contribution in [1.29, 1.82) is 0 Å².